The molecule has 2 rings (SSSR count). The van der Waals surface area contributed by atoms with Gasteiger partial charge in [0.05, 0.1) is 11.0 Å². The quantitative estimate of drug-likeness (QED) is 0.858. The van der Waals surface area contributed by atoms with E-state index in [1.54, 1.807) is 4.90 Å². The van der Waals surface area contributed by atoms with Crippen LogP contribution >= 0.6 is 11.3 Å². The van der Waals surface area contributed by atoms with E-state index < -0.39 is 0 Å². The third-order valence-corrected chi connectivity index (χ3v) is 3.88. The molecule has 2 heterocycles. The van der Waals surface area contributed by atoms with Gasteiger partial charge in [0.25, 0.3) is 5.91 Å². The minimum atomic E-state index is -0.341. The molecule has 4 heteroatoms. The number of thiophene rings is 1. The zero-order chi connectivity index (χ0) is 11.7. The second kappa shape index (κ2) is 4.55. The van der Waals surface area contributed by atoms with Crippen LogP contribution in [-0.2, 0) is 0 Å². The number of aliphatic hydroxyl groups is 1. The summed E-state index contributed by atoms with van der Waals surface area (Å²) in [4.78, 5) is 14.8. The Morgan fingerprint density at radius 2 is 2.38 bits per heavy atom. The Hall–Kier alpha value is -0.870. The van der Waals surface area contributed by atoms with Crippen molar-refractivity contribution in [2.75, 3.05) is 13.1 Å². The van der Waals surface area contributed by atoms with Gasteiger partial charge in [-0.25, -0.2) is 0 Å². The average Bonchev–Trinajstić information content (AvgIpc) is 2.84. The molecule has 1 amide bonds. The molecule has 0 unspecified atom stereocenters. The highest BCUT2D eigenvalue weighted by molar-refractivity contribution is 7.12. The lowest BCUT2D eigenvalue weighted by Gasteiger charge is -2.16. The number of carbonyl (C=O) groups is 1. The Kier molecular flexibility index (Phi) is 3.30. The molecule has 88 valence electrons. The van der Waals surface area contributed by atoms with E-state index >= 15 is 0 Å². The van der Waals surface area contributed by atoms with Crippen LogP contribution in [0, 0.1) is 0 Å². The lowest BCUT2D eigenvalue weighted by molar-refractivity contribution is 0.0768. The lowest BCUT2D eigenvalue weighted by atomic mass is 10.0. The molecule has 0 aliphatic carbocycles. The Morgan fingerprint density at radius 1 is 1.62 bits per heavy atom. The van der Waals surface area contributed by atoms with E-state index in [-0.39, 0.29) is 12.0 Å². The first-order chi connectivity index (χ1) is 7.59. The molecule has 1 atom stereocenters. The summed E-state index contributed by atoms with van der Waals surface area (Å²) in [6.07, 6.45) is 0.361. The topological polar surface area (TPSA) is 40.5 Å². The average molecular weight is 239 g/mol. The van der Waals surface area contributed by atoms with E-state index in [1.165, 1.54) is 11.3 Å². The van der Waals surface area contributed by atoms with Gasteiger partial charge in [0.15, 0.2) is 0 Å². The number of aliphatic hydroxyl groups excluding tert-OH is 1. The van der Waals surface area contributed by atoms with Gasteiger partial charge in [0.1, 0.15) is 0 Å². The van der Waals surface area contributed by atoms with Crippen molar-refractivity contribution >= 4 is 17.2 Å². The van der Waals surface area contributed by atoms with E-state index in [9.17, 15) is 9.90 Å². The van der Waals surface area contributed by atoms with Crippen molar-refractivity contribution in [1.29, 1.82) is 0 Å². The maximum atomic E-state index is 12.2. The van der Waals surface area contributed by atoms with Gasteiger partial charge in [0, 0.05) is 13.1 Å². The van der Waals surface area contributed by atoms with E-state index in [0.29, 0.717) is 25.4 Å². The molecule has 0 bridgehead atoms. The zero-order valence-electron chi connectivity index (χ0n) is 9.64. The third-order valence-electron chi connectivity index (χ3n) is 2.96. The van der Waals surface area contributed by atoms with Crippen LogP contribution in [0.25, 0.3) is 0 Å². The number of β-amino-alcohol motifs (C(OH)–C–C–N with tert-alkyl or cyclic N) is 1. The van der Waals surface area contributed by atoms with Crippen LogP contribution in [0.4, 0.5) is 0 Å². The number of likely N-dealkylation sites (tertiary alicyclic amines) is 1. The first-order valence-electron chi connectivity index (χ1n) is 5.64. The molecule has 3 nitrogen and oxygen atoms in total. The van der Waals surface area contributed by atoms with E-state index in [4.69, 9.17) is 0 Å². The Balaban J connectivity index is 2.17. The van der Waals surface area contributed by atoms with Gasteiger partial charge in [-0.15, -0.1) is 11.3 Å². The van der Waals surface area contributed by atoms with Crippen LogP contribution in [-0.4, -0.2) is 35.1 Å². The highest BCUT2D eigenvalue weighted by Crippen LogP contribution is 2.27. The predicted molar refractivity (Wildman–Crippen MR) is 64.9 cm³/mol. The molecule has 0 radical (unpaired) electrons. The van der Waals surface area contributed by atoms with Gasteiger partial charge in [-0.2, -0.15) is 0 Å². The monoisotopic (exact) mass is 239 g/mol. The van der Waals surface area contributed by atoms with Crippen molar-refractivity contribution < 1.29 is 9.90 Å². The smallest absolute Gasteiger partial charge is 0.264 e. The van der Waals surface area contributed by atoms with Gasteiger partial charge in [-0.1, -0.05) is 13.8 Å². The summed E-state index contributed by atoms with van der Waals surface area (Å²) in [5, 5.41) is 11.4. The molecule has 16 heavy (non-hydrogen) atoms. The van der Waals surface area contributed by atoms with Crippen molar-refractivity contribution in [3.63, 3.8) is 0 Å². The van der Waals surface area contributed by atoms with Crippen LogP contribution in [0.15, 0.2) is 11.4 Å². The molecular weight excluding hydrogens is 222 g/mol. The van der Waals surface area contributed by atoms with Crippen molar-refractivity contribution in [3.05, 3.63) is 21.9 Å². The lowest BCUT2D eigenvalue weighted by Crippen LogP contribution is -2.29. The van der Waals surface area contributed by atoms with Crippen molar-refractivity contribution in [2.24, 2.45) is 0 Å². The van der Waals surface area contributed by atoms with Gasteiger partial charge >= 0.3 is 0 Å². The fraction of sp³-hybridized carbons (Fsp3) is 0.583. The normalized spacial score (nSPS) is 20.8. The van der Waals surface area contributed by atoms with E-state index in [1.807, 2.05) is 11.4 Å². The molecule has 1 saturated heterocycles. The van der Waals surface area contributed by atoms with Crippen LogP contribution in [0.5, 0.6) is 0 Å². The van der Waals surface area contributed by atoms with Crippen LogP contribution in [0.2, 0.25) is 0 Å². The molecule has 1 aromatic rings. The summed E-state index contributed by atoms with van der Waals surface area (Å²) in [7, 11) is 0. The molecule has 0 spiro atoms. The number of nitrogens with zero attached hydrogens (tertiary/aromatic N) is 1. The molecule has 1 aliphatic rings. The standard InChI is InChI=1S/C12H17NO2S/c1-8(2)10-4-6-16-11(10)12(15)13-5-3-9(14)7-13/h4,6,8-9,14H,3,5,7H2,1-2H3/t9-/m1/s1. The van der Waals surface area contributed by atoms with Gasteiger partial charge in [-0.05, 0) is 29.3 Å². The fourth-order valence-electron chi connectivity index (χ4n) is 2.02. The minimum Gasteiger partial charge on any atom is -0.391 e. The second-order valence-electron chi connectivity index (χ2n) is 4.55. The maximum absolute atomic E-state index is 12.2. The highest BCUT2D eigenvalue weighted by Gasteiger charge is 2.27. The first kappa shape index (κ1) is 11.6. The number of hydrogen-bond acceptors (Lipinski definition) is 3. The largest absolute Gasteiger partial charge is 0.391 e. The van der Waals surface area contributed by atoms with Gasteiger partial charge in [0.2, 0.25) is 0 Å². The summed E-state index contributed by atoms with van der Waals surface area (Å²) >= 11 is 1.50. The number of rotatable bonds is 2. The molecule has 0 saturated carbocycles. The Bertz CT molecular complexity index is 386. The Labute approximate surface area is 99.7 Å². The van der Waals surface area contributed by atoms with Crippen molar-refractivity contribution in [3.8, 4) is 0 Å². The number of hydrogen-bond donors (Lipinski definition) is 1. The minimum absolute atomic E-state index is 0.0789. The molecule has 1 aromatic heterocycles. The Morgan fingerprint density at radius 3 is 2.94 bits per heavy atom. The van der Waals surface area contributed by atoms with Crippen molar-refractivity contribution in [2.45, 2.75) is 32.3 Å². The number of amides is 1. The predicted octanol–water partition coefficient (Wildman–Crippen LogP) is 2.08. The summed E-state index contributed by atoms with van der Waals surface area (Å²) < 4.78 is 0. The summed E-state index contributed by atoms with van der Waals surface area (Å²) in [6, 6.07) is 2.02. The summed E-state index contributed by atoms with van der Waals surface area (Å²) in [6.45, 7) is 5.35. The van der Waals surface area contributed by atoms with E-state index in [0.717, 1.165) is 10.4 Å². The molecule has 1 aliphatic heterocycles. The summed E-state index contributed by atoms with van der Waals surface area (Å²) in [5.41, 5.74) is 1.12. The van der Waals surface area contributed by atoms with E-state index in [2.05, 4.69) is 13.8 Å². The molecule has 1 N–H and O–H groups in total. The number of carbonyl (C=O) groups excluding carboxylic acids is 1. The maximum Gasteiger partial charge on any atom is 0.264 e. The van der Waals surface area contributed by atoms with Crippen LogP contribution in [0.1, 0.15) is 41.4 Å². The molecule has 1 fully saturated rings. The summed E-state index contributed by atoms with van der Waals surface area (Å²) in [5.74, 6) is 0.452. The first-order valence-corrected chi connectivity index (χ1v) is 6.52. The zero-order valence-corrected chi connectivity index (χ0v) is 10.5. The molecular formula is C12H17NO2S. The van der Waals surface area contributed by atoms with Crippen LogP contribution < -0.4 is 0 Å². The molecule has 0 aromatic carbocycles. The highest BCUT2D eigenvalue weighted by atomic mass is 32.1. The van der Waals surface area contributed by atoms with Gasteiger partial charge < -0.3 is 10.0 Å². The fourth-order valence-corrected chi connectivity index (χ4v) is 3.04. The SMILES string of the molecule is CC(C)c1ccsc1C(=O)N1CC[C@@H](O)C1. The van der Waals surface area contributed by atoms with Crippen LogP contribution in [0.3, 0.4) is 0 Å². The van der Waals surface area contributed by atoms with Crippen molar-refractivity contribution in [1.82, 2.24) is 4.90 Å². The third kappa shape index (κ3) is 2.13. The van der Waals surface area contributed by atoms with Gasteiger partial charge in [-0.3, -0.25) is 4.79 Å². The second-order valence-corrected chi connectivity index (χ2v) is 5.47.